The van der Waals surface area contributed by atoms with Crippen LogP contribution in [-0.2, 0) is 0 Å². The molecule has 0 unspecified atom stereocenters. The second-order valence-corrected chi connectivity index (χ2v) is 4.81. The predicted molar refractivity (Wildman–Crippen MR) is 68.4 cm³/mol. The van der Waals surface area contributed by atoms with Gasteiger partial charge in [-0.3, -0.25) is 4.79 Å². The van der Waals surface area contributed by atoms with Gasteiger partial charge < -0.3 is 10.2 Å². The molecule has 0 fully saturated rings. The Kier molecular flexibility index (Phi) is 3.16. The molecule has 0 atom stereocenters. The Labute approximate surface area is 109 Å². The quantitative estimate of drug-likeness (QED) is 0.668. The first-order chi connectivity index (χ1) is 7.58. The Hall–Kier alpha value is -1.07. The summed E-state index contributed by atoms with van der Waals surface area (Å²) < 4.78 is 6.42. The summed E-state index contributed by atoms with van der Waals surface area (Å²) in [7, 11) is 0. The van der Waals surface area contributed by atoms with Crippen molar-refractivity contribution in [1.29, 1.82) is 0 Å². The SMILES string of the molecule is Nc1ccc(C(=O)c2ccc(Br)o2)cc1Br. The van der Waals surface area contributed by atoms with E-state index in [9.17, 15) is 4.79 Å². The number of nitrogens with two attached hydrogens (primary N) is 1. The molecule has 0 radical (unpaired) electrons. The maximum absolute atomic E-state index is 11.9. The summed E-state index contributed by atoms with van der Waals surface area (Å²) in [6.45, 7) is 0. The zero-order valence-corrected chi connectivity index (χ0v) is 11.2. The lowest BCUT2D eigenvalue weighted by atomic mass is 10.1. The molecule has 1 aromatic carbocycles. The van der Waals surface area contributed by atoms with Crippen molar-refractivity contribution in [2.45, 2.75) is 0 Å². The maximum Gasteiger partial charge on any atom is 0.228 e. The summed E-state index contributed by atoms with van der Waals surface area (Å²) in [6, 6.07) is 8.32. The Morgan fingerprint density at radius 2 is 1.94 bits per heavy atom. The van der Waals surface area contributed by atoms with Gasteiger partial charge >= 0.3 is 0 Å². The summed E-state index contributed by atoms with van der Waals surface area (Å²) in [5, 5.41) is 0. The Bertz CT molecular complexity index is 549. The molecule has 0 spiro atoms. The third kappa shape index (κ3) is 2.20. The van der Waals surface area contributed by atoms with Crippen molar-refractivity contribution < 1.29 is 9.21 Å². The molecule has 1 aromatic heterocycles. The topological polar surface area (TPSA) is 56.2 Å². The Morgan fingerprint density at radius 3 is 2.50 bits per heavy atom. The average molecular weight is 345 g/mol. The summed E-state index contributed by atoms with van der Waals surface area (Å²) >= 11 is 6.43. The fourth-order valence-electron chi connectivity index (χ4n) is 1.25. The van der Waals surface area contributed by atoms with Gasteiger partial charge in [0.05, 0.1) is 0 Å². The predicted octanol–water partition coefficient (Wildman–Crippen LogP) is 3.62. The zero-order chi connectivity index (χ0) is 11.7. The van der Waals surface area contributed by atoms with Gasteiger partial charge in [-0.1, -0.05) is 0 Å². The minimum atomic E-state index is -0.175. The first kappa shape index (κ1) is 11.4. The van der Waals surface area contributed by atoms with Crippen LogP contribution in [0, 0.1) is 0 Å². The highest BCUT2D eigenvalue weighted by molar-refractivity contribution is 9.10. The maximum atomic E-state index is 11.9. The molecule has 2 rings (SSSR count). The van der Waals surface area contributed by atoms with E-state index < -0.39 is 0 Å². The van der Waals surface area contributed by atoms with Gasteiger partial charge in [0, 0.05) is 15.7 Å². The molecule has 0 amide bonds. The lowest BCUT2D eigenvalue weighted by Gasteiger charge is -2.01. The van der Waals surface area contributed by atoms with Crippen molar-refractivity contribution >= 4 is 43.3 Å². The highest BCUT2D eigenvalue weighted by Crippen LogP contribution is 2.23. The van der Waals surface area contributed by atoms with Crippen molar-refractivity contribution in [3.63, 3.8) is 0 Å². The van der Waals surface area contributed by atoms with Gasteiger partial charge in [-0.25, -0.2) is 0 Å². The van der Waals surface area contributed by atoms with Gasteiger partial charge in [0.25, 0.3) is 0 Å². The van der Waals surface area contributed by atoms with Crippen LogP contribution in [0.1, 0.15) is 16.1 Å². The van der Waals surface area contributed by atoms with E-state index in [1.165, 1.54) is 0 Å². The van der Waals surface area contributed by atoms with E-state index in [0.29, 0.717) is 26.2 Å². The fourth-order valence-corrected chi connectivity index (χ4v) is 1.93. The summed E-state index contributed by atoms with van der Waals surface area (Å²) in [4.78, 5) is 11.9. The van der Waals surface area contributed by atoms with Crippen molar-refractivity contribution in [3.8, 4) is 0 Å². The minimum absolute atomic E-state index is 0.175. The molecule has 3 nitrogen and oxygen atoms in total. The van der Waals surface area contributed by atoms with Crippen LogP contribution in [0.5, 0.6) is 0 Å². The first-order valence-electron chi connectivity index (χ1n) is 4.43. The number of benzene rings is 1. The molecular weight excluding hydrogens is 338 g/mol. The van der Waals surface area contributed by atoms with Crippen LogP contribution >= 0.6 is 31.9 Å². The smallest absolute Gasteiger partial charge is 0.228 e. The molecule has 5 heteroatoms. The standard InChI is InChI=1S/C11H7Br2NO2/c12-7-5-6(1-2-8(7)14)11(15)9-3-4-10(13)16-9/h1-5H,14H2. The molecule has 16 heavy (non-hydrogen) atoms. The van der Waals surface area contributed by atoms with Crippen molar-refractivity contribution in [2.75, 3.05) is 5.73 Å². The lowest BCUT2D eigenvalue weighted by molar-refractivity contribution is 0.101. The molecule has 2 N–H and O–H groups in total. The van der Waals surface area contributed by atoms with E-state index in [-0.39, 0.29) is 5.78 Å². The number of ketones is 1. The Morgan fingerprint density at radius 1 is 1.19 bits per heavy atom. The molecule has 0 saturated carbocycles. The number of carbonyl (C=O) groups is 1. The Balaban J connectivity index is 2.38. The second kappa shape index (κ2) is 4.43. The first-order valence-corrected chi connectivity index (χ1v) is 6.01. The molecule has 0 aliphatic heterocycles. The number of anilines is 1. The van der Waals surface area contributed by atoms with Gasteiger partial charge in [-0.05, 0) is 62.2 Å². The van der Waals surface area contributed by atoms with Crippen molar-refractivity contribution in [3.05, 3.63) is 50.8 Å². The lowest BCUT2D eigenvalue weighted by Crippen LogP contribution is -2.00. The average Bonchev–Trinajstić information content (AvgIpc) is 2.68. The number of halogens is 2. The number of carbonyl (C=O) groups excluding carboxylic acids is 1. The summed E-state index contributed by atoms with van der Waals surface area (Å²) in [5.74, 6) is 0.120. The van der Waals surface area contributed by atoms with Crippen molar-refractivity contribution in [2.24, 2.45) is 0 Å². The van der Waals surface area contributed by atoms with Crippen LogP contribution in [0.4, 0.5) is 5.69 Å². The third-order valence-corrected chi connectivity index (χ3v) is 3.17. The summed E-state index contributed by atoms with van der Waals surface area (Å²) in [6.07, 6.45) is 0. The van der Waals surface area contributed by atoms with E-state index >= 15 is 0 Å². The van der Waals surface area contributed by atoms with E-state index in [4.69, 9.17) is 10.2 Å². The van der Waals surface area contributed by atoms with Crippen LogP contribution in [0.2, 0.25) is 0 Å². The van der Waals surface area contributed by atoms with Crippen LogP contribution in [0.25, 0.3) is 0 Å². The van der Waals surface area contributed by atoms with E-state index in [1.54, 1.807) is 30.3 Å². The molecule has 2 aromatic rings. The van der Waals surface area contributed by atoms with Gasteiger partial charge in [-0.15, -0.1) is 0 Å². The number of rotatable bonds is 2. The molecule has 0 aliphatic rings. The van der Waals surface area contributed by atoms with Gasteiger partial charge in [0.2, 0.25) is 5.78 Å². The van der Waals surface area contributed by atoms with Gasteiger partial charge in [0.15, 0.2) is 10.4 Å². The number of hydrogen-bond donors (Lipinski definition) is 1. The molecule has 0 saturated heterocycles. The number of nitrogen functional groups attached to an aromatic ring is 1. The van der Waals surface area contributed by atoms with Crippen LogP contribution < -0.4 is 5.73 Å². The highest BCUT2D eigenvalue weighted by atomic mass is 79.9. The minimum Gasteiger partial charge on any atom is -0.446 e. The van der Waals surface area contributed by atoms with Crippen molar-refractivity contribution in [1.82, 2.24) is 0 Å². The third-order valence-electron chi connectivity index (χ3n) is 2.06. The fraction of sp³-hybridized carbons (Fsp3) is 0. The second-order valence-electron chi connectivity index (χ2n) is 3.17. The van der Waals surface area contributed by atoms with Gasteiger partial charge in [-0.2, -0.15) is 0 Å². The van der Waals surface area contributed by atoms with E-state index in [2.05, 4.69) is 31.9 Å². The zero-order valence-electron chi connectivity index (χ0n) is 8.04. The molecule has 0 bridgehead atoms. The molecular formula is C11H7Br2NO2. The molecule has 1 heterocycles. The highest BCUT2D eigenvalue weighted by Gasteiger charge is 2.13. The molecule has 82 valence electrons. The number of hydrogen-bond acceptors (Lipinski definition) is 3. The van der Waals surface area contributed by atoms with Crippen LogP contribution in [0.15, 0.2) is 43.9 Å². The normalized spacial score (nSPS) is 10.4. The molecule has 0 aliphatic carbocycles. The van der Waals surface area contributed by atoms with Crippen LogP contribution in [-0.4, -0.2) is 5.78 Å². The van der Waals surface area contributed by atoms with Crippen LogP contribution in [0.3, 0.4) is 0 Å². The van der Waals surface area contributed by atoms with Gasteiger partial charge in [0.1, 0.15) is 0 Å². The monoisotopic (exact) mass is 343 g/mol. The summed E-state index contributed by atoms with van der Waals surface area (Å²) in [5.41, 5.74) is 6.77. The van der Waals surface area contributed by atoms with E-state index in [0.717, 1.165) is 0 Å². The number of furan rings is 1. The largest absolute Gasteiger partial charge is 0.446 e. The van der Waals surface area contributed by atoms with E-state index in [1.807, 2.05) is 0 Å².